The first-order valence-electron chi connectivity index (χ1n) is 5.55. The fourth-order valence-corrected chi connectivity index (χ4v) is 2.94. The molecule has 0 radical (unpaired) electrons. The third-order valence-corrected chi connectivity index (χ3v) is 3.90. The highest BCUT2D eigenvalue weighted by Crippen LogP contribution is 2.23. The summed E-state index contributed by atoms with van der Waals surface area (Å²) >= 11 is 7.87. The predicted molar refractivity (Wildman–Crippen MR) is 67.1 cm³/mol. The first kappa shape index (κ1) is 12.0. The van der Waals surface area contributed by atoms with E-state index in [1.807, 2.05) is 18.7 Å². The Balaban J connectivity index is 1.79. The van der Waals surface area contributed by atoms with E-state index in [0.29, 0.717) is 11.9 Å². The Morgan fingerprint density at radius 3 is 2.88 bits per heavy atom. The molecule has 1 aliphatic rings. The van der Waals surface area contributed by atoms with E-state index >= 15 is 0 Å². The van der Waals surface area contributed by atoms with Crippen LogP contribution in [-0.2, 0) is 0 Å². The van der Waals surface area contributed by atoms with Gasteiger partial charge in [-0.3, -0.25) is 0 Å². The minimum atomic E-state index is -0.228. The van der Waals surface area contributed by atoms with Gasteiger partial charge in [0.2, 0.25) is 5.89 Å². The van der Waals surface area contributed by atoms with Crippen LogP contribution in [0.2, 0.25) is 0 Å². The minimum absolute atomic E-state index is 0.228. The molecule has 6 heteroatoms. The van der Waals surface area contributed by atoms with E-state index in [1.54, 1.807) is 0 Å². The van der Waals surface area contributed by atoms with Crippen molar-refractivity contribution in [3.63, 3.8) is 0 Å². The lowest BCUT2D eigenvalue weighted by atomic mass is 10.0. The van der Waals surface area contributed by atoms with Crippen LogP contribution in [0, 0.1) is 5.92 Å². The number of halogens is 1. The number of thioether (sulfide) groups is 1. The van der Waals surface area contributed by atoms with E-state index in [9.17, 15) is 0 Å². The monoisotopic (exact) mass is 261 g/mol. The molecule has 0 aromatic carbocycles. The second-order valence-electron chi connectivity index (χ2n) is 4.00. The lowest BCUT2D eigenvalue weighted by Crippen LogP contribution is -2.19. The number of alkyl halides is 1. The van der Waals surface area contributed by atoms with Gasteiger partial charge in [0.05, 0.1) is 0 Å². The summed E-state index contributed by atoms with van der Waals surface area (Å²) in [5, 5.41) is 10.7. The van der Waals surface area contributed by atoms with E-state index in [1.165, 1.54) is 24.3 Å². The molecule has 0 aliphatic carbocycles. The standard InChI is InChI=1S/C10H16ClN3OS/c1-7(11)9-13-14-10(15-9)12-6-8-2-4-16-5-3-8/h7-8H,2-6H2,1H3,(H,12,14). The maximum atomic E-state index is 5.84. The smallest absolute Gasteiger partial charge is 0.315 e. The second kappa shape index (κ2) is 5.77. The molecule has 1 aromatic heterocycles. The molecule has 2 heterocycles. The Morgan fingerprint density at radius 1 is 1.50 bits per heavy atom. The average molecular weight is 262 g/mol. The van der Waals surface area contributed by atoms with Crippen molar-refractivity contribution in [3.05, 3.63) is 5.89 Å². The molecule has 1 saturated heterocycles. The van der Waals surface area contributed by atoms with Crippen molar-refractivity contribution >= 4 is 29.4 Å². The van der Waals surface area contributed by atoms with Gasteiger partial charge in [0, 0.05) is 6.54 Å². The molecule has 1 unspecified atom stereocenters. The summed E-state index contributed by atoms with van der Waals surface area (Å²) < 4.78 is 5.37. The van der Waals surface area contributed by atoms with E-state index in [0.717, 1.165) is 12.5 Å². The Labute approximate surface area is 105 Å². The summed E-state index contributed by atoms with van der Waals surface area (Å²) in [4.78, 5) is 0. The number of hydrogen-bond acceptors (Lipinski definition) is 5. The van der Waals surface area contributed by atoms with E-state index in [-0.39, 0.29) is 5.38 Å². The zero-order chi connectivity index (χ0) is 11.4. The fourth-order valence-electron chi connectivity index (χ4n) is 1.65. The summed E-state index contributed by atoms with van der Waals surface area (Å²) in [6, 6.07) is 0.487. The maximum Gasteiger partial charge on any atom is 0.315 e. The van der Waals surface area contributed by atoms with Gasteiger partial charge < -0.3 is 9.73 Å². The highest BCUT2D eigenvalue weighted by molar-refractivity contribution is 7.99. The highest BCUT2D eigenvalue weighted by atomic mass is 35.5. The number of rotatable bonds is 4. The molecule has 0 saturated carbocycles. The first-order valence-corrected chi connectivity index (χ1v) is 7.14. The molecule has 1 atom stereocenters. The summed E-state index contributed by atoms with van der Waals surface area (Å²) in [5.74, 6) is 3.73. The van der Waals surface area contributed by atoms with Crippen LogP contribution in [0.4, 0.5) is 6.01 Å². The van der Waals surface area contributed by atoms with Crippen molar-refractivity contribution in [2.45, 2.75) is 25.1 Å². The molecule has 1 aromatic rings. The fraction of sp³-hybridized carbons (Fsp3) is 0.800. The lowest BCUT2D eigenvalue weighted by molar-refractivity contribution is 0.481. The van der Waals surface area contributed by atoms with Crippen LogP contribution in [0.3, 0.4) is 0 Å². The van der Waals surface area contributed by atoms with Gasteiger partial charge >= 0.3 is 6.01 Å². The van der Waals surface area contributed by atoms with E-state index in [4.69, 9.17) is 16.0 Å². The number of nitrogens with zero attached hydrogens (tertiary/aromatic N) is 2. The van der Waals surface area contributed by atoms with Crippen molar-refractivity contribution in [2.75, 3.05) is 23.4 Å². The molecule has 0 spiro atoms. The molecule has 0 amide bonds. The van der Waals surface area contributed by atoms with Crippen LogP contribution in [-0.4, -0.2) is 28.2 Å². The summed E-state index contributed by atoms with van der Waals surface area (Å²) in [6.07, 6.45) is 2.54. The van der Waals surface area contributed by atoms with E-state index in [2.05, 4.69) is 15.5 Å². The van der Waals surface area contributed by atoms with Gasteiger partial charge in [0.15, 0.2) is 0 Å². The zero-order valence-electron chi connectivity index (χ0n) is 9.28. The molecule has 1 fully saturated rings. The topological polar surface area (TPSA) is 51.0 Å². The van der Waals surface area contributed by atoms with Crippen LogP contribution >= 0.6 is 23.4 Å². The Bertz CT molecular complexity index is 326. The van der Waals surface area contributed by atoms with Crippen molar-refractivity contribution in [1.29, 1.82) is 0 Å². The molecular formula is C10H16ClN3OS. The average Bonchev–Trinajstić information content (AvgIpc) is 2.76. The van der Waals surface area contributed by atoms with Gasteiger partial charge in [-0.2, -0.15) is 11.8 Å². The van der Waals surface area contributed by atoms with Crippen LogP contribution in [0.1, 0.15) is 31.0 Å². The zero-order valence-corrected chi connectivity index (χ0v) is 10.9. The molecule has 90 valence electrons. The Kier molecular flexibility index (Phi) is 4.35. The predicted octanol–water partition coefficient (Wildman–Crippen LogP) is 2.92. The molecule has 0 bridgehead atoms. The highest BCUT2D eigenvalue weighted by Gasteiger charge is 2.15. The van der Waals surface area contributed by atoms with Gasteiger partial charge in [-0.15, -0.1) is 16.7 Å². The molecule has 16 heavy (non-hydrogen) atoms. The summed E-state index contributed by atoms with van der Waals surface area (Å²) in [6.45, 7) is 2.73. The van der Waals surface area contributed by atoms with Crippen molar-refractivity contribution < 1.29 is 4.42 Å². The normalized spacial score (nSPS) is 19.6. The second-order valence-corrected chi connectivity index (χ2v) is 5.88. The van der Waals surface area contributed by atoms with Crippen LogP contribution < -0.4 is 5.32 Å². The molecule has 4 nitrogen and oxygen atoms in total. The molecule has 2 rings (SSSR count). The van der Waals surface area contributed by atoms with Crippen molar-refractivity contribution in [2.24, 2.45) is 5.92 Å². The van der Waals surface area contributed by atoms with Gasteiger partial charge in [0.25, 0.3) is 0 Å². The third-order valence-electron chi connectivity index (χ3n) is 2.66. The van der Waals surface area contributed by atoms with Crippen molar-refractivity contribution in [1.82, 2.24) is 10.2 Å². The quantitative estimate of drug-likeness (QED) is 0.845. The van der Waals surface area contributed by atoms with Gasteiger partial charge in [-0.1, -0.05) is 5.10 Å². The van der Waals surface area contributed by atoms with Gasteiger partial charge in [-0.05, 0) is 37.2 Å². The first-order chi connectivity index (χ1) is 7.75. The third kappa shape index (κ3) is 3.28. The Morgan fingerprint density at radius 2 is 2.25 bits per heavy atom. The number of nitrogens with one attached hydrogen (secondary N) is 1. The lowest BCUT2D eigenvalue weighted by Gasteiger charge is -2.20. The van der Waals surface area contributed by atoms with Crippen LogP contribution in [0.15, 0.2) is 4.42 Å². The van der Waals surface area contributed by atoms with Gasteiger partial charge in [-0.25, -0.2) is 0 Å². The number of anilines is 1. The SMILES string of the molecule is CC(Cl)c1nnc(NCC2CCSCC2)o1. The molecule has 1 aliphatic heterocycles. The molecular weight excluding hydrogens is 246 g/mol. The maximum absolute atomic E-state index is 5.84. The molecule has 1 N–H and O–H groups in total. The summed E-state index contributed by atoms with van der Waals surface area (Å²) in [5.41, 5.74) is 0. The van der Waals surface area contributed by atoms with Crippen LogP contribution in [0.25, 0.3) is 0 Å². The summed E-state index contributed by atoms with van der Waals surface area (Å²) in [7, 11) is 0. The van der Waals surface area contributed by atoms with Crippen LogP contribution in [0.5, 0.6) is 0 Å². The van der Waals surface area contributed by atoms with Crippen molar-refractivity contribution in [3.8, 4) is 0 Å². The number of hydrogen-bond donors (Lipinski definition) is 1. The number of aromatic nitrogens is 2. The van der Waals surface area contributed by atoms with E-state index < -0.39 is 0 Å². The minimum Gasteiger partial charge on any atom is -0.407 e. The van der Waals surface area contributed by atoms with Gasteiger partial charge in [0.1, 0.15) is 5.38 Å². The largest absolute Gasteiger partial charge is 0.407 e. The Hall–Kier alpha value is -0.420.